The fourth-order valence-electron chi connectivity index (χ4n) is 1.86. The number of aromatic nitrogens is 1. The van der Waals surface area contributed by atoms with Gasteiger partial charge in [0.1, 0.15) is 17.6 Å². The van der Waals surface area contributed by atoms with E-state index in [1.54, 1.807) is 12.1 Å². The summed E-state index contributed by atoms with van der Waals surface area (Å²) in [6.45, 7) is 1.19. The minimum Gasteiger partial charge on any atom is -0.395 e. The van der Waals surface area contributed by atoms with Crippen molar-refractivity contribution in [3.05, 3.63) is 59.8 Å². The van der Waals surface area contributed by atoms with Crippen molar-refractivity contribution in [2.75, 3.05) is 18.1 Å². The highest BCUT2D eigenvalue weighted by Gasteiger charge is 2.08. The lowest BCUT2D eigenvalue weighted by molar-refractivity contribution is 0.301. The summed E-state index contributed by atoms with van der Waals surface area (Å²) in [4.78, 5) is 6.21. The van der Waals surface area contributed by atoms with E-state index in [-0.39, 0.29) is 6.61 Å². The Balaban J connectivity index is 2.22. The number of hydrogen-bond acceptors (Lipinski definition) is 4. The summed E-state index contributed by atoms with van der Waals surface area (Å²) in [6.07, 6.45) is 0. The second-order valence-corrected chi connectivity index (χ2v) is 4.12. The molecule has 0 saturated heterocycles. The molecule has 1 heterocycles. The van der Waals surface area contributed by atoms with Crippen molar-refractivity contribution in [2.24, 2.45) is 0 Å². The largest absolute Gasteiger partial charge is 0.395 e. The number of hydrogen-bond donors (Lipinski definition) is 1. The maximum atomic E-state index is 9.17. The summed E-state index contributed by atoms with van der Waals surface area (Å²) in [5.74, 6) is 0.706. The quantitative estimate of drug-likeness (QED) is 0.884. The van der Waals surface area contributed by atoms with Gasteiger partial charge in [-0.15, -0.1) is 0 Å². The third-order valence-electron chi connectivity index (χ3n) is 2.76. The number of aliphatic hydroxyl groups is 1. The first kappa shape index (κ1) is 13.1. The highest BCUT2D eigenvalue weighted by molar-refractivity contribution is 5.42. The second kappa shape index (κ2) is 6.53. The van der Waals surface area contributed by atoms with Crippen LogP contribution in [-0.4, -0.2) is 23.2 Å². The molecule has 19 heavy (non-hydrogen) atoms. The number of nitrogens with zero attached hydrogens (tertiary/aromatic N) is 3. The Labute approximate surface area is 112 Å². The van der Waals surface area contributed by atoms with Gasteiger partial charge in [0, 0.05) is 13.1 Å². The molecular formula is C15H15N3O. The lowest BCUT2D eigenvalue weighted by atomic mass is 10.2. The normalized spacial score (nSPS) is 9.89. The number of pyridine rings is 1. The Bertz CT molecular complexity index is 563. The SMILES string of the molecule is N#Cc1cccc(N(CCO)Cc2ccccc2)n1. The van der Waals surface area contributed by atoms with Crippen molar-refractivity contribution in [1.29, 1.82) is 5.26 Å². The summed E-state index contributed by atoms with van der Waals surface area (Å²) >= 11 is 0. The molecule has 96 valence electrons. The number of rotatable bonds is 5. The highest BCUT2D eigenvalue weighted by Crippen LogP contribution is 2.14. The van der Waals surface area contributed by atoms with E-state index in [1.807, 2.05) is 47.4 Å². The smallest absolute Gasteiger partial charge is 0.142 e. The van der Waals surface area contributed by atoms with Crippen molar-refractivity contribution in [3.8, 4) is 6.07 Å². The first-order valence-corrected chi connectivity index (χ1v) is 6.10. The average Bonchev–Trinajstić information content (AvgIpc) is 2.48. The summed E-state index contributed by atoms with van der Waals surface area (Å²) < 4.78 is 0. The molecule has 1 aromatic heterocycles. The van der Waals surface area contributed by atoms with Gasteiger partial charge in [0.15, 0.2) is 0 Å². The van der Waals surface area contributed by atoms with Crippen molar-refractivity contribution < 1.29 is 5.11 Å². The van der Waals surface area contributed by atoms with Gasteiger partial charge in [0.05, 0.1) is 6.61 Å². The predicted molar refractivity (Wildman–Crippen MR) is 73.5 cm³/mol. The van der Waals surface area contributed by atoms with E-state index in [4.69, 9.17) is 10.4 Å². The Hall–Kier alpha value is -2.38. The third kappa shape index (κ3) is 3.54. The Morgan fingerprint density at radius 3 is 2.58 bits per heavy atom. The van der Waals surface area contributed by atoms with Gasteiger partial charge in [-0.25, -0.2) is 4.98 Å². The summed E-state index contributed by atoms with van der Waals surface area (Å²) in [5, 5.41) is 18.1. The summed E-state index contributed by atoms with van der Waals surface area (Å²) in [6, 6.07) is 17.3. The molecule has 0 amide bonds. The monoisotopic (exact) mass is 253 g/mol. The molecule has 2 rings (SSSR count). The van der Waals surface area contributed by atoms with Crippen LogP contribution in [0.15, 0.2) is 48.5 Å². The standard InChI is InChI=1S/C15H15N3O/c16-11-14-7-4-8-15(17-14)18(9-10-19)12-13-5-2-1-3-6-13/h1-8,19H,9-10,12H2. The molecule has 4 heteroatoms. The van der Waals surface area contributed by atoms with E-state index >= 15 is 0 Å². The van der Waals surface area contributed by atoms with Gasteiger partial charge >= 0.3 is 0 Å². The van der Waals surface area contributed by atoms with E-state index in [0.717, 1.165) is 5.56 Å². The molecule has 0 fully saturated rings. The van der Waals surface area contributed by atoms with Crippen LogP contribution in [0, 0.1) is 11.3 Å². The van der Waals surface area contributed by atoms with E-state index in [2.05, 4.69) is 4.98 Å². The van der Waals surface area contributed by atoms with Crippen LogP contribution in [-0.2, 0) is 6.54 Å². The van der Waals surface area contributed by atoms with E-state index in [1.165, 1.54) is 0 Å². The lowest BCUT2D eigenvalue weighted by Crippen LogP contribution is -2.27. The fraction of sp³-hybridized carbons (Fsp3) is 0.200. The summed E-state index contributed by atoms with van der Waals surface area (Å²) in [5.41, 5.74) is 1.52. The Morgan fingerprint density at radius 2 is 1.89 bits per heavy atom. The van der Waals surface area contributed by atoms with Gasteiger partial charge in [-0.2, -0.15) is 5.26 Å². The number of anilines is 1. The van der Waals surface area contributed by atoms with Crippen LogP contribution >= 0.6 is 0 Å². The Morgan fingerprint density at radius 1 is 1.11 bits per heavy atom. The van der Waals surface area contributed by atoms with Crippen molar-refractivity contribution in [2.45, 2.75) is 6.54 Å². The van der Waals surface area contributed by atoms with Crippen molar-refractivity contribution in [3.63, 3.8) is 0 Å². The number of nitriles is 1. The van der Waals surface area contributed by atoms with Crippen LogP contribution in [0.2, 0.25) is 0 Å². The molecule has 0 bridgehead atoms. The molecular weight excluding hydrogens is 238 g/mol. The molecule has 0 spiro atoms. The van der Waals surface area contributed by atoms with Crippen LogP contribution in [0.5, 0.6) is 0 Å². The maximum absolute atomic E-state index is 9.17. The average molecular weight is 253 g/mol. The van der Waals surface area contributed by atoms with Gasteiger partial charge in [-0.1, -0.05) is 36.4 Å². The van der Waals surface area contributed by atoms with Crippen LogP contribution in [0.25, 0.3) is 0 Å². The molecule has 0 aliphatic heterocycles. The van der Waals surface area contributed by atoms with Crippen molar-refractivity contribution in [1.82, 2.24) is 4.98 Å². The van der Waals surface area contributed by atoms with Gasteiger partial charge in [0.2, 0.25) is 0 Å². The first-order valence-electron chi connectivity index (χ1n) is 6.10. The second-order valence-electron chi connectivity index (χ2n) is 4.12. The third-order valence-corrected chi connectivity index (χ3v) is 2.76. The number of aliphatic hydroxyl groups excluding tert-OH is 1. The minimum atomic E-state index is 0.0469. The minimum absolute atomic E-state index is 0.0469. The van der Waals surface area contributed by atoms with E-state index in [9.17, 15) is 0 Å². The fourth-order valence-corrected chi connectivity index (χ4v) is 1.86. The number of benzene rings is 1. The van der Waals surface area contributed by atoms with E-state index in [0.29, 0.717) is 24.6 Å². The maximum Gasteiger partial charge on any atom is 0.142 e. The highest BCUT2D eigenvalue weighted by atomic mass is 16.3. The molecule has 1 aromatic carbocycles. The summed E-state index contributed by atoms with van der Waals surface area (Å²) in [7, 11) is 0. The lowest BCUT2D eigenvalue weighted by Gasteiger charge is -2.23. The Kier molecular flexibility index (Phi) is 4.49. The zero-order chi connectivity index (χ0) is 13.5. The molecule has 1 N–H and O–H groups in total. The van der Waals surface area contributed by atoms with E-state index < -0.39 is 0 Å². The molecule has 4 nitrogen and oxygen atoms in total. The van der Waals surface area contributed by atoms with Gasteiger partial charge in [-0.3, -0.25) is 0 Å². The van der Waals surface area contributed by atoms with Crippen molar-refractivity contribution >= 4 is 5.82 Å². The molecule has 0 aliphatic rings. The molecule has 0 saturated carbocycles. The van der Waals surface area contributed by atoms with Crippen LogP contribution in [0.1, 0.15) is 11.3 Å². The molecule has 0 aliphatic carbocycles. The van der Waals surface area contributed by atoms with Crippen LogP contribution in [0.3, 0.4) is 0 Å². The molecule has 0 radical (unpaired) electrons. The topological polar surface area (TPSA) is 60.2 Å². The molecule has 2 aromatic rings. The van der Waals surface area contributed by atoms with Gasteiger partial charge in [0.25, 0.3) is 0 Å². The molecule has 0 atom stereocenters. The van der Waals surface area contributed by atoms with Gasteiger partial charge in [-0.05, 0) is 17.7 Å². The molecule has 0 unspecified atom stereocenters. The van der Waals surface area contributed by atoms with Crippen LogP contribution < -0.4 is 4.90 Å². The first-order chi connectivity index (χ1) is 9.33. The zero-order valence-corrected chi connectivity index (χ0v) is 10.5. The zero-order valence-electron chi connectivity index (χ0n) is 10.5. The predicted octanol–water partition coefficient (Wildman–Crippen LogP) is 1.95. The van der Waals surface area contributed by atoms with Crippen LogP contribution in [0.4, 0.5) is 5.82 Å². The van der Waals surface area contributed by atoms with Gasteiger partial charge < -0.3 is 10.0 Å².